The van der Waals surface area contributed by atoms with Crippen molar-refractivity contribution in [3.05, 3.63) is 65.7 Å². The largest absolute Gasteiger partial charge is 0.480 e. The molecule has 2 aliphatic heterocycles. The van der Waals surface area contributed by atoms with Crippen LogP contribution in [0.5, 0.6) is 11.5 Å². The number of aliphatic carboxylic acids is 1. The summed E-state index contributed by atoms with van der Waals surface area (Å²) >= 11 is 0. The molecule has 1 saturated heterocycles. The fraction of sp³-hybridized carbons (Fsp3) is 0.240. The van der Waals surface area contributed by atoms with E-state index in [0.717, 1.165) is 5.39 Å². The molecule has 3 aromatic rings. The molecule has 2 heterocycles. The van der Waals surface area contributed by atoms with Crippen LogP contribution in [0.15, 0.2) is 59.5 Å². The normalized spacial score (nSPS) is 17.8. The molecule has 5 N–H and O–H groups in total. The first-order valence-corrected chi connectivity index (χ1v) is 12.9. The Morgan fingerprint density at radius 3 is 2.43 bits per heavy atom. The summed E-state index contributed by atoms with van der Waals surface area (Å²) in [5.74, 6) is -0.793. The summed E-state index contributed by atoms with van der Waals surface area (Å²) in [6.45, 7) is 0.190. The SMILES string of the molecule is N=C(N)c1ccc(CC(C(=O)O)N2CCC(NS(=O)(=O)c3ccc4cc5c(cc4c3)OCO5)C2=O)cc1. The van der Waals surface area contributed by atoms with Gasteiger partial charge in [-0.3, -0.25) is 10.2 Å². The van der Waals surface area contributed by atoms with Gasteiger partial charge in [0, 0.05) is 18.5 Å². The Labute approximate surface area is 212 Å². The van der Waals surface area contributed by atoms with Crippen molar-refractivity contribution in [2.45, 2.75) is 29.8 Å². The fourth-order valence-corrected chi connectivity index (χ4v) is 5.79. The third-order valence-electron chi connectivity index (χ3n) is 6.51. The number of rotatable bonds is 8. The number of nitrogen functional groups attached to an aromatic ring is 1. The van der Waals surface area contributed by atoms with E-state index in [4.69, 9.17) is 20.6 Å². The van der Waals surface area contributed by atoms with E-state index in [1.807, 2.05) is 0 Å². The molecule has 11 nitrogen and oxygen atoms in total. The quantitative estimate of drug-likeness (QED) is 0.253. The second kappa shape index (κ2) is 9.37. The zero-order valence-corrected chi connectivity index (χ0v) is 20.3. The van der Waals surface area contributed by atoms with Crippen LogP contribution in [0.2, 0.25) is 0 Å². The lowest BCUT2D eigenvalue weighted by atomic mass is 10.0. The van der Waals surface area contributed by atoms with Crippen molar-refractivity contribution >= 4 is 38.5 Å². The van der Waals surface area contributed by atoms with Crippen LogP contribution in [0.25, 0.3) is 10.8 Å². The van der Waals surface area contributed by atoms with Gasteiger partial charge in [0.1, 0.15) is 17.9 Å². The average molecular weight is 525 g/mol. The molecule has 1 amide bonds. The molecule has 0 radical (unpaired) electrons. The minimum Gasteiger partial charge on any atom is -0.480 e. The summed E-state index contributed by atoms with van der Waals surface area (Å²) in [6.07, 6.45) is 0.164. The summed E-state index contributed by atoms with van der Waals surface area (Å²) in [4.78, 5) is 26.3. The number of amides is 1. The number of nitrogens with two attached hydrogens (primary N) is 1. The maximum Gasteiger partial charge on any atom is 0.326 e. The number of carbonyl (C=O) groups excluding carboxylic acids is 1. The molecule has 0 saturated carbocycles. The monoisotopic (exact) mass is 524 g/mol. The third kappa shape index (κ3) is 4.80. The molecule has 0 bridgehead atoms. The number of sulfonamides is 1. The highest BCUT2D eigenvalue weighted by Crippen LogP contribution is 2.36. The van der Waals surface area contributed by atoms with Crippen molar-refractivity contribution in [2.24, 2.45) is 5.73 Å². The van der Waals surface area contributed by atoms with Gasteiger partial charge in [0.15, 0.2) is 11.5 Å². The maximum absolute atomic E-state index is 13.1. The first kappa shape index (κ1) is 24.5. The van der Waals surface area contributed by atoms with Crippen LogP contribution in [0.3, 0.4) is 0 Å². The van der Waals surface area contributed by atoms with E-state index in [2.05, 4.69) is 4.72 Å². The van der Waals surface area contributed by atoms with Crippen molar-refractivity contribution in [1.29, 1.82) is 5.41 Å². The van der Waals surface area contributed by atoms with Gasteiger partial charge >= 0.3 is 5.97 Å². The number of carboxylic acid groups (broad SMARTS) is 1. The third-order valence-corrected chi connectivity index (χ3v) is 7.98. The molecule has 1 fully saturated rings. The number of fused-ring (bicyclic) bond motifs is 2. The zero-order valence-electron chi connectivity index (χ0n) is 19.5. The highest BCUT2D eigenvalue weighted by molar-refractivity contribution is 7.89. The highest BCUT2D eigenvalue weighted by atomic mass is 32.2. The zero-order chi connectivity index (χ0) is 26.3. The van der Waals surface area contributed by atoms with Crippen molar-refractivity contribution in [3.63, 3.8) is 0 Å². The number of carbonyl (C=O) groups is 2. The lowest BCUT2D eigenvalue weighted by molar-refractivity contribution is -0.148. The first-order valence-electron chi connectivity index (χ1n) is 11.4. The van der Waals surface area contributed by atoms with Crippen molar-refractivity contribution in [2.75, 3.05) is 13.3 Å². The van der Waals surface area contributed by atoms with Crippen molar-refractivity contribution in [3.8, 4) is 11.5 Å². The lowest BCUT2D eigenvalue weighted by Gasteiger charge is -2.25. The predicted octanol–water partition coefficient (Wildman–Crippen LogP) is 1.43. The molecule has 37 heavy (non-hydrogen) atoms. The molecule has 0 spiro atoms. The van der Waals surface area contributed by atoms with Crippen LogP contribution < -0.4 is 19.9 Å². The smallest absolute Gasteiger partial charge is 0.326 e. The van der Waals surface area contributed by atoms with E-state index in [0.29, 0.717) is 28.0 Å². The molecule has 5 rings (SSSR count). The minimum atomic E-state index is -4.07. The summed E-state index contributed by atoms with van der Waals surface area (Å²) in [6, 6.07) is 12.3. The van der Waals surface area contributed by atoms with Gasteiger partial charge in [0.2, 0.25) is 22.7 Å². The number of ether oxygens (including phenoxy) is 2. The van der Waals surface area contributed by atoms with Crippen molar-refractivity contribution < 1.29 is 32.6 Å². The number of nitrogens with zero attached hydrogens (tertiary/aromatic N) is 1. The molecule has 2 atom stereocenters. The number of likely N-dealkylation sites (tertiary alicyclic amines) is 1. The lowest BCUT2D eigenvalue weighted by Crippen LogP contribution is -2.48. The second-order valence-electron chi connectivity index (χ2n) is 8.88. The van der Waals surface area contributed by atoms with Gasteiger partial charge in [-0.25, -0.2) is 13.2 Å². The Morgan fingerprint density at radius 1 is 1.11 bits per heavy atom. The van der Waals surface area contributed by atoms with E-state index in [1.54, 1.807) is 42.5 Å². The molecular weight excluding hydrogens is 500 g/mol. The van der Waals surface area contributed by atoms with Gasteiger partial charge in [-0.2, -0.15) is 4.72 Å². The number of nitrogens with one attached hydrogen (secondary N) is 2. The van der Waals surface area contributed by atoms with Crippen LogP contribution in [-0.2, 0) is 26.0 Å². The molecule has 2 unspecified atom stereocenters. The standard InChI is InChI=1S/C25H24N4O7S/c26-23(27)15-3-1-14(2-4-15)9-20(25(31)32)29-8-7-19(24(29)30)28-37(33,34)18-6-5-16-11-21-22(36-13-35-21)12-17(16)10-18/h1-6,10-12,19-20,28H,7-9,13H2,(H3,26,27)(H,31,32). The average Bonchev–Trinajstić information content (AvgIpc) is 3.46. The van der Waals surface area contributed by atoms with E-state index in [1.165, 1.54) is 17.0 Å². The Kier molecular flexibility index (Phi) is 6.21. The van der Waals surface area contributed by atoms with Gasteiger partial charge < -0.3 is 25.2 Å². The van der Waals surface area contributed by atoms with Crippen LogP contribution in [0.4, 0.5) is 0 Å². The molecule has 0 aliphatic carbocycles. The van der Waals surface area contributed by atoms with Crippen LogP contribution in [-0.4, -0.2) is 61.6 Å². The number of carboxylic acids is 1. The Bertz CT molecular complexity index is 1520. The summed E-state index contributed by atoms with van der Waals surface area (Å²) in [5.41, 5.74) is 6.60. The first-order chi connectivity index (χ1) is 17.6. The Hall–Kier alpha value is -4.16. The van der Waals surface area contributed by atoms with E-state index in [9.17, 15) is 23.1 Å². The number of hydrogen-bond donors (Lipinski definition) is 4. The molecule has 192 valence electrons. The van der Waals surface area contributed by atoms with Crippen LogP contribution >= 0.6 is 0 Å². The van der Waals surface area contributed by atoms with E-state index < -0.39 is 34.0 Å². The van der Waals surface area contributed by atoms with Gasteiger partial charge in [0.05, 0.1) is 4.90 Å². The van der Waals surface area contributed by atoms with Gasteiger partial charge in [-0.05, 0) is 47.0 Å². The minimum absolute atomic E-state index is 0.0227. The van der Waals surface area contributed by atoms with Crippen LogP contribution in [0.1, 0.15) is 17.5 Å². The summed E-state index contributed by atoms with van der Waals surface area (Å²) in [7, 11) is -4.07. The molecule has 12 heteroatoms. The van der Waals surface area contributed by atoms with Crippen LogP contribution in [0, 0.1) is 5.41 Å². The fourth-order valence-electron chi connectivity index (χ4n) is 4.53. The molecule has 3 aromatic carbocycles. The number of hydrogen-bond acceptors (Lipinski definition) is 7. The Balaban J connectivity index is 1.32. The van der Waals surface area contributed by atoms with E-state index >= 15 is 0 Å². The second-order valence-corrected chi connectivity index (χ2v) is 10.6. The van der Waals surface area contributed by atoms with Gasteiger partial charge in [0.25, 0.3) is 0 Å². The number of amidine groups is 1. The highest BCUT2D eigenvalue weighted by Gasteiger charge is 2.40. The number of benzene rings is 3. The van der Waals surface area contributed by atoms with E-state index in [-0.39, 0.29) is 36.9 Å². The van der Waals surface area contributed by atoms with Crippen molar-refractivity contribution in [1.82, 2.24) is 9.62 Å². The summed E-state index contributed by atoms with van der Waals surface area (Å²) < 4.78 is 39.4. The topological polar surface area (TPSA) is 172 Å². The molecular formula is C25H24N4O7S. The van der Waals surface area contributed by atoms with Gasteiger partial charge in [-0.1, -0.05) is 30.3 Å². The maximum atomic E-state index is 13.1. The Morgan fingerprint density at radius 2 is 1.78 bits per heavy atom. The molecule has 0 aromatic heterocycles. The van der Waals surface area contributed by atoms with Gasteiger partial charge in [-0.15, -0.1) is 0 Å². The summed E-state index contributed by atoms with van der Waals surface area (Å²) in [5, 5.41) is 18.7. The predicted molar refractivity (Wildman–Crippen MR) is 133 cm³/mol. The molecule has 2 aliphatic rings.